The second-order valence-corrected chi connectivity index (χ2v) is 15.8. The summed E-state index contributed by atoms with van der Waals surface area (Å²) in [6, 6.07) is 27.8. The minimum atomic E-state index is -0.945. The quantitative estimate of drug-likeness (QED) is 0.0988. The van der Waals surface area contributed by atoms with Gasteiger partial charge in [0.2, 0.25) is 0 Å². The fraction of sp³-hybridized carbons (Fsp3) is 0.250. The number of methoxy groups -OCH3 is 2. The predicted octanol–water partition coefficient (Wildman–Crippen LogP) is 8.54. The molecule has 2 fully saturated rings. The molecule has 15 nitrogen and oxygen atoms in total. The molecule has 4 aromatic carbocycles. The zero-order chi connectivity index (χ0) is 44.3. The van der Waals surface area contributed by atoms with E-state index in [2.05, 4.69) is 30.6 Å². The van der Waals surface area contributed by atoms with Crippen molar-refractivity contribution >= 4 is 35.0 Å². The van der Waals surface area contributed by atoms with Crippen LogP contribution >= 0.6 is 0 Å². The van der Waals surface area contributed by atoms with Gasteiger partial charge in [0.1, 0.15) is 40.9 Å². The van der Waals surface area contributed by atoms with Crippen molar-refractivity contribution in [2.45, 2.75) is 49.9 Å². The summed E-state index contributed by atoms with van der Waals surface area (Å²) in [7, 11) is 2.51. The molecule has 4 N–H and O–H groups in total. The number of amides is 4. The topological polar surface area (TPSA) is 188 Å². The van der Waals surface area contributed by atoms with Crippen LogP contribution in [0.3, 0.4) is 0 Å². The number of nitrogens with one attached hydrogen (secondary N) is 4. The highest BCUT2D eigenvalue weighted by atomic mass is 19.1. The van der Waals surface area contributed by atoms with E-state index in [1.807, 2.05) is 42.5 Å². The second kappa shape index (κ2) is 17.9. The van der Waals surface area contributed by atoms with E-state index in [0.717, 1.165) is 29.5 Å². The number of H-pyrrole nitrogens is 2. The molecule has 4 amide bonds. The fourth-order valence-electron chi connectivity index (χ4n) is 8.71. The van der Waals surface area contributed by atoms with E-state index in [1.54, 1.807) is 76.8 Å². The average Bonchev–Trinajstić information content (AvgIpc) is 4.19. The first-order valence-electron chi connectivity index (χ1n) is 21.0. The van der Waals surface area contributed by atoms with Crippen molar-refractivity contribution in [2.24, 2.45) is 0 Å². The van der Waals surface area contributed by atoms with Crippen molar-refractivity contribution in [1.29, 1.82) is 0 Å². The normalized spacial score (nSPS) is 17.0. The maximum Gasteiger partial charge on any atom is 0.407 e. The average molecular weight is 865 g/mol. The number of alkyl carbamates (subject to hydrolysis) is 2. The molecule has 0 radical (unpaired) electrons. The molecule has 0 spiro atoms. The summed E-state index contributed by atoms with van der Waals surface area (Å²) in [6.45, 7) is 0.986. The van der Waals surface area contributed by atoms with Crippen LogP contribution in [0, 0.1) is 5.82 Å². The summed E-state index contributed by atoms with van der Waals surface area (Å²) >= 11 is 0. The van der Waals surface area contributed by atoms with E-state index in [-0.39, 0.29) is 29.5 Å². The maximum absolute atomic E-state index is 16.0. The Morgan fingerprint density at radius 3 is 1.69 bits per heavy atom. The minimum absolute atomic E-state index is 0.256. The van der Waals surface area contributed by atoms with Gasteiger partial charge in [-0.2, -0.15) is 0 Å². The first-order valence-corrected chi connectivity index (χ1v) is 21.0. The summed E-state index contributed by atoms with van der Waals surface area (Å²) in [5.41, 5.74) is 4.84. The van der Waals surface area contributed by atoms with Gasteiger partial charge >= 0.3 is 12.2 Å². The van der Waals surface area contributed by atoms with Crippen molar-refractivity contribution in [3.8, 4) is 33.8 Å². The van der Waals surface area contributed by atoms with Crippen LogP contribution in [0.5, 0.6) is 0 Å². The first-order chi connectivity index (χ1) is 31.2. The van der Waals surface area contributed by atoms with E-state index in [4.69, 9.17) is 13.9 Å². The van der Waals surface area contributed by atoms with Crippen LogP contribution in [0.15, 0.2) is 120 Å². The third-order valence-corrected chi connectivity index (χ3v) is 11.9. The van der Waals surface area contributed by atoms with Gasteiger partial charge in [-0.25, -0.2) is 23.9 Å². The number of carbonyl (C=O) groups is 4. The summed E-state index contributed by atoms with van der Waals surface area (Å²) in [4.78, 5) is 71.8. The molecule has 326 valence electrons. The molecule has 2 aliphatic rings. The van der Waals surface area contributed by atoms with Crippen molar-refractivity contribution in [2.75, 3.05) is 27.3 Å². The molecule has 16 heteroatoms. The molecule has 64 heavy (non-hydrogen) atoms. The third-order valence-electron chi connectivity index (χ3n) is 11.9. The summed E-state index contributed by atoms with van der Waals surface area (Å²) in [5, 5.41) is 6.13. The molecule has 2 saturated heterocycles. The predicted molar refractivity (Wildman–Crippen MR) is 234 cm³/mol. The third kappa shape index (κ3) is 8.29. The Labute approximate surface area is 367 Å². The summed E-state index contributed by atoms with van der Waals surface area (Å²) in [5.74, 6) is 0.515. The van der Waals surface area contributed by atoms with E-state index >= 15 is 4.39 Å². The molecule has 0 aliphatic carbocycles. The van der Waals surface area contributed by atoms with Gasteiger partial charge in [0.25, 0.3) is 11.8 Å². The molecular weight excluding hydrogens is 820 g/mol. The fourth-order valence-corrected chi connectivity index (χ4v) is 8.71. The van der Waals surface area contributed by atoms with Crippen molar-refractivity contribution in [1.82, 2.24) is 40.4 Å². The lowest BCUT2D eigenvalue weighted by molar-refractivity contribution is -0.135. The molecule has 7 aromatic rings. The lowest BCUT2D eigenvalue weighted by Gasteiger charge is -2.28. The zero-order valence-electron chi connectivity index (χ0n) is 35.0. The Morgan fingerprint density at radius 1 is 0.688 bits per heavy atom. The lowest BCUT2D eigenvalue weighted by atomic mass is 10.0. The number of carbonyl (C=O) groups excluding carboxylic acids is 4. The number of halogens is 1. The highest BCUT2D eigenvalue weighted by Gasteiger charge is 2.38. The summed E-state index contributed by atoms with van der Waals surface area (Å²) < 4.78 is 31.7. The van der Waals surface area contributed by atoms with Crippen LogP contribution in [0.2, 0.25) is 0 Å². The van der Waals surface area contributed by atoms with Crippen LogP contribution in [0.25, 0.3) is 44.8 Å². The van der Waals surface area contributed by atoms with Crippen LogP contribution in [-0.2, 0) is 19.1 Å². The zero-order valence-corrected chi connectivity index (χ0v) is 35.0. The molecular formula is C48H45FN8O7. The number of furan rings is 1. The van der Waals surface area contributed by atoms with Crippen LogP contribution < -0.4 is 10.6 Å². The number of imidazole rings is 2. The smallest absolute Gasteiger partial charge is 0.407 e. The van der Waals surface area contributed by atoms with E-state index in [1.165, 1.54) is 20.3 Å². The molecule has 0 saturated carbocycles. The Bertz CT molecular complexity index is 2820. The molecule has 2 aliphatic heterocycles. The summed E-state index contributed by atoms with van der Waals surface area (Å²) in [6.07, 6.45) is 4.81. The largest absolute Gasteiger partial charge is 0.456 e. The Hall–Kier alpha value is -7.75. The van der Waals surface area contributed by atoms with Gasteiger partial charge in [-0.3, -0.25) is 9.59 Å². The Morgan fingerprint density at radius 2 is 1.19 bits per heavy atom. The van der Waals surface area contributed by atoms with Gasteiger partial charge < -0.3 is 44.3 Å². The lowest BCUT2D eigenvalue weighted by Crippen LogP contribution is -2.42. The molecule has 0 unspecified atom stereocenters. The molecule has 4 atom stereocenters. The molecule has 0 bridgehead atoms. The van der Waals surface area contributed by atoms with E-state index < -0.39 is 30.1 Å². The van der Waals surface area contributed by atoms with Crippen LogP contribution in [-0.4, -0.2) is 81.0 Å². The number of benzene rings is 4. The maximum atomic E-state index is 16.0. The SMILES string of the molecule is COC(=O)N[C@@H](C(=O)N1CCC[C@H]1c1ncc(-c2ccc(-c3cc4cc(-c5cnc([C@@H]6CCCN6C(=O)[C@H](NC(=O)OC)c6ccccc6)[nH]5)ccc4o3)c(F)c2)[nH]1)c1ccccc1. The number of ether oxygens (including phenoxy) is 2. The van der Waals surface area contributed by atoms with Gasteiger partial charge in [-0.05, 0) is 73.2 Å². The van der Waals surface area contributed by atoms with Crippen molar-refractivity contribution in [3.05, 3.63) is 144 Å². The number of fused-ring (bicyclic) bond motifs is 1. The van der Waals surface area contributed by atoms with E-state index in [0.29, 0.717) is 71.3 Å². The minimum Gasteiger partial charge on any atom is -0.456 e. The molecule has 3 aromatic heterocycles. The number of aromatic amines is 2. The van der Waals surface area contributed by atoms with Gasteiger partial charge in [0, 0.05) is 29.6 Å². The highest BCUT2D eigenvalue weighted by Crippen LogP contribution is 2.38. The standard InChI is InChI=1S/C48H45FN8O7/c1-62-47(60)54-41(28-11-5-3-6-12-28)45(58)56-21-9-15-37(56)43-50-26-35(52-43)30-18-20-39-32(23-30)25-40(64-39)33-19-17-31(24-34(33)49)36-27-51-44(53-36)38-16-10-22-57(38)46(59)42(55-48(61)63-2)29-13-7-4-8-14-29/h3-8,11-14,17-20,23-27,37-38,41-42H,9-10,15-16,21-22H2,1-2H3,(H,50,52)(H,51,53)(H,54,60)(H,55,61)/t37-,38-,41+,42+/m0/s1. The first kappa shape index (κ1) is 41.6. The number of hydrogen-bond donors (Lipinski definition) is 4. The monoisotopic (exact) mass is 864 g/mol. The van der Waals surface area contributed by atoms with Crippen molar-refractivity contribution in [3.63, 3.8) is 0 Å². The molecule has 5 heterocycles. The Balaban J connectivity index is 0.900. The van der Waals surface area contributed by atoms with E-state index in [9.17, 15) is 19.2 Å². The Kier molecular flexibility index (Phi) is 11.6. The van der Waals surface area contributed by atoms with Gasteiger partial charge in [0.05, 0.1) is 55.6 Å². The van der Waals surface area contributed by atoms with Crippen molar-refractivity contribution < 1.29 is 37.5 Å². The van der Waals surface area contributed by atoms with Crippen LogP contribution in [0.1, 0.15) is 72.6 Å². The van der Waals surface area contributed by atoms with Gasteiger partial charge in [0.15, 0.2) is 0 Å². The van der Waals surface area contributed by atoms with Gasteiger partial charge in [-0.15, -0.1) is 0 Å². The highest BCUT2D eigenvalue weighted by molar-refractivity contribution is 5.89. The van der Waals surface area contributed by atoms with Gasteiger partial charge in [-0.1, -0.05) is 66.7 Å². The number of aromatic nitrogens is 4. The number of likely N-dealkylation sites (tertiary alicyclic amines) is 2. The molecule has 9 rings (SSSR count). The number of rotatable bonds is 11. The van der Waals surface area contributed by atoms with Crippen LogP contribution in [0.4, 0.5) is 14.0 Å². The number of nitrogens with zero attached hydrogens (tertiary/aromatic N) is 4. The number of hydrogen-bond acceptors (Lipinski definition) is 9. The second-order valence-electron chi connectivity index (χ2n) is 15.8.